The smallest absolute Gasteiger partial charge is 0.0845 e. The van der Waals surface area contributed by atoms with Crippen molar-refractivity contribution in [3.8, 4) is 0 Å². The highest BCUT2D eigenvalue weighted by molar-refractivity contribution is 6.80. The van der Waals surface area contributed by atoms with Gasteiger partial charge in [-0.1, -0.05) is 56.5 Å². The van der Waals surface area contributed by atoms with Gasteiger partial charge in [-0.3, -0.25) is 0 Å². The van der Waals surface area contributed by atoms with Crippen LogP contribution in [-0.4, -0.2) is 23.8 Å². The summed E-state index contributed by atoms with van der Waals surface area (Å²) in [5, 5.41) is 13.8. The fourth-order valence-corrected chi connectivity index (χ4v) is 8.25. The molecule has 150 valence electrons. The largest absolute Gasteiger partial charge is 0.388 e. The number of aromatic nitrogens is 1. The number of aromatic amines is 1. The Morgan fingerprint density at radius 3 is 2.43 bits per heavy atom. The first-order chi connectivity index (χ1) is 13.1. The summed E-state index contributed by atoms with van der Waals surface area (Å²) in [6.45, 7) is 9.52. The third kappa shape index (κ3) is 2.55. The predicted octanol–water partition coefficient (Wildman–Crippen LogP) is 6.19. The van der Waals surface area contributed by atoms with Gasteiger partial charge in [-0.05, 0) is 73.3 Å². The van der Waals surface area contributed by atoms with Gasteiger partial charge in [0.25, 0.3) is 0 Å². The van der Waals surface area contributed by atoms with Crippen LogP contribution >= 0.6 is 0 Å². The van der Waals surface area contributed by atoms with Gasteiger partial charge in [-0.25, -0.2) is 0 Å². The third-order valence-corrected chi connectivity index (χ3v) is 9.52. The summed E-state index contributed by atoms with van der Waals surface area (Å²) < 4.78 is 0. The molecular formula is C25H35NOSi. The normalized spacial score (nSPS) is 40.0. The Bertz CT molecular complexity index is 888. The first-order valence-corrected chi connectivity index (χ1v) is 14.7. The van der Waals surface area contributed by atoms with Gasteiger partial charge in [-0.15, -0.1) is 0 Å². The van der Waals surface area contributed by atoms with Gasteiger partial charge in [0.05, 0.1) is 13.7 Å². The van der Waals surface area contributed by atoms with E-state index in [0.29, 0.717) is 0 Å². The zero-order valence-electron chi connectivity index (χ0n) is 17.9. The Kier molecular flexibility index (Phi) is 3.91. The van der Waals surface area contributed by atoms with Crippen LogP contribution in [-0.2, 0) is 5.41 Å². The quantitative estimate of drug-likeness (QED) is 0.597. The minimum Gasteiger partial charge on any atom is -0.388 e. The van der Waals surface area contributed by atoms with E-state index in [9.17, 15) is 5.11 Å². The summed E-state index contributed by atoms with van der Waals surface area (Å²) in [6.07, 6.45) is 9.18. The molecule has 4 aliphatic rings. The van der Waals surface area contributed by atoms with Crippen LogP contribution in [0.3, 0.4) is 0 Å². The van der Waals surface area contributed by atoms with Crippen molar-refractivity contribution >= 4 is 19.0 Å². The fraction of sp³-hybridized carbons (Fsp3) is 0.600. The molecule has 4 fully saturated rings. The zero-order valence-corrected chi connectivity index (χ0v) is 18.9. The predicted molar refractivity (Wildman–Crippen MR) is 120 cm³/mol. The van der Waals surface area contributed by atoms with Crippen molar-refractivity contribution in [3.63, 3.8) is 0 Å². The van der Waals surface area contributed by atoms with Crippen molar-refractivity contribution < 1.29 is 5.11 Å². The maximum absolute atomic E-state index is 12.5. The highest BCUT2D eigenvalue weighted by atomic mass is 28.3. The molecule has 1 heterocycles. The standard InChI is InChI=1S/C25H35NOSi/c1-23-14-18-12-19(15-23)17-24(16-18,25(23,27)10-7-11-28(2,3)4)22-13-20-8-5-6-9-21(20)26-22/h5-9,11,13,18-19,26-27H,10,12,14-17H2,1-4H3. The lowest BCUT2D eigenvalue weighted by molar-refractivity contribution is -0.237. The van der Waals surface area contributed by atoms with E-state index in [1.54, 1.807) is 0 Å². The maximum atomic E-state index is 12.5. The van der Waals surface area contributed by atoms with Gasteiger partial charge < -0.3 is 10.1 Å². The van der Waals surface area contributed by atoms with Crippen LogP contribution in [0.15, 0.2) is 42.1 Å². The van der Waals surface area contributed by atoms with Crippen molar-refractivity contribution in [2.24, 2.45) is 17.3 Å². The molecule has 0 radical (unpaired) electrons. The van der Waals surface area contributed by atoms with Gasteiger partial charge in [0.15, 0.2) is 0 Å². The lowest BCUT2D eigenvalue weighted by Gasteiger charge is -2.70. The van der Waals surface area contributed by atoms with Crippen molar-refractivity contribution in [2.75, 3.05) is 0 Å². The molecule has 6 rings (SSSR count). The molecule has 3 atom stereocenters. The molecule has 4 aliphatic carbocycles. The SMILES string of the molecule is CC12CC3CC(C1)CC(c1cc4ccccc4[nH]1)(C3)C2(O)CC=C[Si](C)(C)C. The minimum atomic E-state index is -1.27. The first kappa shape index (κ1) is 18.7. The van der Waals surface area contributed by atoms with Gasteiger partial charge in [0.2, 0.25) is 0 Å². The van der Waals surface area contributed by atoms with Crippen LogP contribution in [0.2, 0.25) is 19.6 Å². The lowest BCUT2D eigenvalue weighted by atomic mass is 9.37. The van der Waals surface area contributed by atoms with Crippen LogP contribution in [0, 0.1) is 17.3 Å². The Morgan fingerprint density at radius 1 is 1.11 bits per heavy atom. The first-order valence-electron chi connectivity index (χ1n) is 11.1. The number of hydrogen-bond acceptors (Lipinski definition) is 1. The van der Waals surface area contributed by atoms with E-state index in [4.69, 9.17) is 0 Å². The van der Waals surface area contributed by atoms with E-state index in [1.165, 1.54) is 35.9 Å². The van der Waals surface area contributed by atoms with Crippen molar-refractivity contribution in [1.82, 2.24) is 4.98 Å². The summed E-state index contributed by atoms with van der Waals surface area (Å²) in [4.78, 5) is 3.76. The summed E-state index contributed by atoms with van der Waals surface area (Å²) in [5.41, 5.74) is 4.16. The average molecular weight is 394 g/mol. The molecular weight excluding hydrogens is 358 g/mol. The molecule has 1 aromatic heterocycles. The highest BCUT2D eigenvalue weighted by Gasteiger charge is 2.70. The number of aliphatic hydroxyl groups is 1. The van der Waals surface area contributed by atoms with Crippen LogP contribution in [0.25, 0.3) is 10.9 Å². The van der Waals surface area contributed by atoms with Crippen LogP contribution in [0.1, 0.15) is 51.1 Å². The van der Waals surface area contributed by atoms with Crippen LogP contribution in [0.4, 0.5) is 0 Å². The molecule has 0 spiro atoms. The van der Waals surface area contributed by atoms with E-state index >= 15 is 0 Å². The van der Waals surface area contributed by atoms with E-state index in [2.05, 4.69) is 73.7 Å². The van der Waals surface area contributed by atoms with Crippen molar-refractivity contribution in [2.45, 2.75) is 76.1 Å². The van der Waals surface area contributed by atoms with Gasteiger partial charge >= 0.3 is 0 Å². The summed E-state index contributed by atoms with van der Waals surface area (Å²) in [5.74, 6) is 1.54. The molecule has 4 saturated carbocycles. The molecule has 1 aromatic carbocycles. The summed E-state index contributed by atoms with van der Waals surface area (Å²) >= 11 is 0. The number of para-hydroxylation sites is 1. The Hall–Kier alpha value is -1.32. The third-order valence-electron chi connectivity index (χ3n) is 8.29. The second kappa shape index (κ2) is 5.86. The molecule has 28 heavy (non-hydrogen) atoms. The minimum absolute atomic E-state index is 0.0260. The van der Waals surface area contributed by atoms with Crippen molar-refractivity contribution in [1.29, 1.82) is 0 Å². The van der Waals surface area contributed by atoms with Gasteiger partial charge in [0.1, 0.15) is 0 Å². The second-order valence-electron chi connectivity index (χ2n) is 11.5. The monoisotopic (exact) mass is 393 g/mol. The highest BCUT2D eigenvalue weighted by Crippen LogP contribution is 2.71. The molecule has 0 amide bonds. The number of rotatable bonds is 4. The maximum Gasteiger partial charge on any atom is 0.0845 e. The summed E-state index contributed by atoms with van der Waals surface area (Å²) in [7, 11) is -1.27. The molecule has 2 nitrogen and oxygen atoms in total. The van der Waals surface area contributed by atoms with E-state index in [1.807, 2.05) is 0 Å². The van der Waals surface area contributed by atoms with E-state index in [0.717, 1.165) is 31.1 Å². The molecule has 4 bridgehead atoms. The van der Waals surface area contributed by atoms with E-state index in [-0.39, 0.29) is 10.8 Å². The molecule has 0 saturated heterocycles. The van der Waals surface area contributed by atoms with Gasteiger partial charge in [-0.2, -0.15) is 0 Å². The zero-order chi connectivity index (χ0) is 19.8. The fourth-order valence-electron chi connectivity index (χ4n) is 7.43. The molecule has 3 heteroatoms. The number of fused-ring (bicyclic) bond motifs is 1. The number of benzene rings is 1. The Morgan fingerprint density at radius 2 is 1.79 bits per heavy atom. The molecule has 0 aliphatic heterocycles. The topological polar surface area (TPSA) is 36.0 Å². The molecule has 2 N–H and O–H groups in total. The molecule has 3 unspecified atom stereocenters. The van der Waals surface area contributed by atoms with Gasteiger partial charge in [0, 0.05) is 16.6 Å². The van der Waals surface area contributed by atoms with Crippen molar-refractivity contribution in [3.05, 3.63) is 47.8 Å². The number of hydrogen-bond donors (Lipinski definition) is 2. The van der Waals surface area contributed by atoms with E-state index < -0.39 is 13.7 Å². The number of nitrogens with one attached hydrogen (secondary N) is 1. The van der Waals surface area contributed by atoms with Crippen LogP contribution < -0.4 is 0 Å². The number of H-pyrrole nitrogens is 1. The average Bonchev–Trinajstić information content (AvgIpc) is 3.02. The molecule has 2 aromatic rings. The Balaban J connectivity index is 1.65. The lowest BCUT2D eigenvalue weighted by Crippen LogP contribution is -2.71. The summed E-state index contributed by atoms with van der Waals surface area (Å²) in [6, 6.07) is 10.9. The Labute approximate surface area is 170 Å². The van der Waals surface area contributed by atoms with Crippen LogP contribution in [0.5, 0.6) is 0 Å². The second-order valence-corrected chi connectivity index (χ2v) is 16.6.